The molecule has 2 amide bonds. The number of hydrogen-bond acceptors (Lipinski definition) is 2. The average Bonchev–Trinajstić information content (AvgIpc) is 2.73. The quantitative estimate of drug-likeness (QED) is 0.787. The van der Waals surface area contributed by atoms with Gasteiger partial charge < -0.3 is 10.2 Å². The van der Waals surface area contributed by atoms with Crippen LogP contribution in [0.1, 0.15) is 16.7 Å². The summed E-state index contributed by atoms with van der Waals surface area (Å²) in [5, 5.41) is 2.94. The Morgan fingerprint density at radius 2 is 1.86 bits per heavy atom. The van der Waals surface area contributed by atoms with E-state index in [0.29, 0.717) is 0 Å². The maximum Gasteiger partial charge on any atom is 0.321 e. The maximum atomic E-state index is 12.4. The van der Waals surface area contributed by atoms with E-state index in [1.165, 1.54) is 11.1 Å². The fraction of sp³-hybridized carbons (Fsp3) is 0.294. The molecular formula is C17H18BrN3O. The van der Waals surface area contributed by atoms with E-state index in [0.717, 1.165) is 41.8 Å². The molecule has 4 nitrogen and oxygen atoms in total. The van der Waals surface area contributed by atoms with E-state index in [-0.39, 0.29) is 6.03 Å². The van der Waals surface area contributed by atoms with Crippen molar-refractivity contribution in [3.63, 3.8) is 0 Å². The van der Waals surface area contributed by atoms with E-state index in [2.05, 4.69) is 50.5 Å². The lowest BCUT2D eigenvalue weighted by Gasteiger charge is -2.20. The second-order valence-corrected chi connectivity index (χ2v) is 6.27. The number of carbonyl (C=O) groups is 1. The third kappa shape index (κ3) is 3.30. The molecule has 0 aliphatic carbocycles. The lowest BCUT2D eigenvalue weighted by molar-refractivity contribution is 0.214. The molecule has 1 aliphatic rings. The molecule has 0 bridgehead atoms. The monoisotopic (exact) mass is 359 g/mol. The van der Waals surface area contributed by atoms with Crippen LogP contribution < -0.4 is 5.32 Å². The zero-order valence-electron chi connectivity index (χ0n) is 12.5. The highest BCUT2D eigenvalue weighted by atomic mass is 79.9. The lowest BCUT2D eigenvalue weighted by Crippen LogP contribution is -2.36. The summed E-state index contributed by atoms with van der Waals surface area (Å²) in [7, 11) is 0. The second kappa shape index (κ2) is 6.48. The molecule has 1 aromatic heterocycles. The van der Waals surface area contributed by atoms with Crippen molar-refractivity contribution in [1.82, 2.24) is 9.88 Å². The highest BCUT2D eigenvalue weighted by Gasteiger charge is 2.18. The number of anilines is 1. The number of carbonyl (C=O) groups excluding carboxylic acids is 1. The molecule has 1 aliphatic heterocycles. The molecule has 0 saturated heterocycles. The number of halogens is 1. The Balaban J connectivity index is 1.67. The van der Waals surface area contributed by atoms with Crippen LogP contribution in [0.5, 0.6) is 0 Å². The summed E-state index contributed by atoms with van der Waals surface area (Å²) in [5.41, 5.74) is 4.42. The number of amides is 2. The highest BCUT2D eigenvalue weighted by molar-refractivity contribution is 9.10. The molecule has 3 rings (SSSR count). The van der Waals surface area contributed by atoms with Gasteiger partial charge in [-0.15, -0.1) is 0 Å². The van der Waals surface area contributed by atoms with Gasteiger partial charge in [0.1, 0.15) is 4.60 Å². The van der Waals surface area contributed by atoms with Crippen LogP contribution in [0.15, 0.2) is 41.1 Å². The first kappa shape index (κ1) is 15.0. The second-order valence-electron chi connectivity index (χ2n) is 5.52. The molecule has 114 valence electrons. The molecule has 1 aromatic carbocycles. The largest absolute Gasteiger partial charge is 0.324 e. The van der Waals surface area contributed by atoms with Gasteiger partial charge in [-0.3, -0.25) is 0 Å². The third-order valence-electron chi connectivity index (χ3n) is 3.97. The Kier molecular flexibility index (Phi) is 4.43. The number of aryl methyl sites for hydroxylation is 1. The van der Waals surface area contributed by atoms with E-state index in [1.54, 1.807) is 6.20 Å². The Morgan fingerprint density at radius 3 is 2.45 bits per heavy atom. The first-order valence-corrected chi connectivity index (χ1v) is 8.17. The van der Waals surface area contributed by atoms with Crippen LogP contribution in [0.25, 0.3) is 0 Å². The predicted octanol–water partition coefficient (Wildman–Crippen LogP) is 3.79. The summed E-state index contributed by atoms with van der Waals surface area (Å²) in [6.45, 7) is 3.44. The van der Waals surface area contributed by atoms with Crippen molar-refractivity contribution in [1.29, 1.82) is 0 Å². The number of benzene rings is 1. The van der Waals surface area contributed by atoms with Crippen molar-refractivity contribution in [3.8, 4) is 0 Å². The summed E-state index contributed by atoms with van der Waals surface area (Å²) < 4.78 is 0.802. The number of aromatic nitrogens is 1. The summed E-state index contributed by atoms with van der Waals surface area (Å²) >= 11 is 3.36. The van der Waals surface area contributed by atoms with E-state index < -0.39 is 0 Å². The topological polar surface area (TPSA) is 45.2 Å². The van der Waals surface area contributed by atoms with Gasteiger partial charge in [0.05, 0.1) is 11.9 Å². The van der Waals surface area contributed by atoms with Gasteiger partial charge in [0.15, 0.2) is 0 Å². The average molecular weight is 360 g/mol. The first-order chi connectivity index (χ1) is 10.6. The minimum atomic E-state index is -0.0590. The minimum absolute atomic E-state index is 0.0590. The number of pyridine rings is 1. The summed E-state index contributed by atoms with van der Waals surface area (Å²) in [6.07, 6.45) is 3.48. The Labute approximate surface area is 138 Å². The van der Waals surface area contributed by atoms with Gasteiger partial charge in [-0.05, 0) is 58.5 Å². The molecule has 0 radical (unpaired) electrons. The standard InChI is InChI=1S/C17H18BrN3O/c1-12-10-15(11-19-16(12)18)20-17(22)21-8-6-13-4-2-3-5-14(13)7-9-21/h2-5,10-11H,6-9H2,1H3,(H,20,22). The van der Waals surface area contributed by atoms with Crippen molar-refractivity contribution in [3.05, 3.63) is 57.8 Å². The summed E-state index contributed by atoms with van der Waals surface area (Å²) in [5.74, 6) is 0. The number of hydrogen-bond donors (Lipinski definition) is 1. The van der Waals surface area contributed by atoms with Gasteiger partial charge in [0.2, 0.25) is 0 Å². The fourth-order valence-electron chi connectivity index (χ4n) is 2.70. The zero-order chi connectivity index (χ0) is 15.5. The van der Waals surface area contributed by atoms with Crippen molar-refractivity contribution in [2.24, 2.45) is 0 Å². The van der Waals surface area contributed by atoms with Crippen LogP contribution in [0, 0.1) is 6.92 Å². The van der Waals surface area contributed by atoms with Crippen LogP contribution in [-0.4, -0.2) is 29.0 Å². The highest BCUT2D eigenvalue weighted by Crippen LogP contribution is 2.19. The third-order valence-corrected chi connectivity index (χ3v) is 4.80. The molecule has 2 aromatic rings. The number of nitrogens with zero attached hydrogens (tertiary/aromatic N) is 2. The van der Waals surface area contributed by atoms with Crippen LogP contribution in [0.3, 0.4) is 0 Å². The van der Waals surface area contributed by atoms with Crippen LogP contribution >= 0.6 is 15.9 Å². The number of fused-ring (bicyclic) bond motifs is 1. The molecule has 0 atom stereocenters. The van der Waals surface area contributed by atoms with Gasteiger partial charge in [0.25, 0.3) is 0 Å². The van der Waals surface area contributed by atoms with Gasteiger partial charge in [-0.2, -0.15) is 0 Å². The summed E-state index contributed by atoms with van der Waals surface area (Å²) in [4.78, 5) is 18.5. The molecular weight excluding hydrogens is 342 g/mol. The normalized spacial score (nSPS) is 14.2. The molecule has 0 spiro atoms. The van der Waals surface area contributed by atoms with Gasteiger partial charge >= 0.3 is 6.03 Å². The van der Waals surface area contributed by atoms with E-state index >= 15 is 0 Å². The zero-order valence-corrected chi connectivity index (χ0v) is 14.1. The predicted molar refractivity (Wildman–Crippen MR) is 91.1 cm³/mol. The van der Waals surface area contributed by atoms with Gasteiger partial charge in [-0.1, -0.05) is 24.3 Å². The van der Waals surface area contributed by atoms with Crippen molar-refractivity contribution >= 4 is 27.6 Å². The molecule has 5 heteroatoms. The number of urea groups is 1. The molecule has 22 heavy (non-hydrogen) atoms. The SMILES string of the molecule is Cc1cc(NC(=O)N2CCc3ccccc3CC2)cnc1Br. The lowest BCUT2D eigenvalue weighted by atomic mass is 10.0. The van der Waals surface area contributed by atoms with Gasteiger partial charge in [0, 0.05) is 13.1 Å². The van der Waals surface area contributed by atoms with E-state index in [4.69, 9.17) is 0 Å². The van der Waals surface area contributed by atoms with Crippen molar-refractivity contribution in [2.45, 2.75) is 19.8 Å². The van der Waals surface area contributed by atoms with Crippen molar-refractivity contribution < 1.29 is 4.79 Å². The number of rotatable bonds is 1. The Morgan fingerprint density at radius 1 is 1.23 bits per heavy atom. The van der Waals surface area contributed by atoms with Crippen molar-refractivity contribution in [2.75, 3.05) is 18.4 Å². The number of nitrogens with one attached hydrogen (secondary N) is 1. The van der Waals surface area contributed by atoms with Crippen LogP contribution in [0.2, 0.25) is 0 Å². The summed E-state index contributed by atoms with van der Waals surface area (Å²) in [6, 6.07) is 10.3. The fourth-order valence-corrected chi connectivity index (χ4v) is 2.92. The molecule has 1 N–H and O–H groups in total. The Bertz CT molecular complexity index is 675. The first-order valence-electron chi connectivity index (χ1n) is 7.38. The minimum Gasteiger partial charge on any atom is -0.324 e. The van der Waals surface area contributed by atoms with Crippen LogP contribution in [-0.2, 0) is 12.8 Å². The van der Waals surface area contributed by atoms with Gasteiger partial charge in [-0.25, -0.2) is 9.78 Å². The molecule has 2 heterocycles. The molecule has 0 fully saturated rings. The smallest absolute Gasteiger partial charge is 0.321 e. The van der Waals surface area contributed by atoms with E-state index in [1.807, 2.05) is 17.9 Å². The maximum absolute atomic E-state index is 12.4. The van der Waals surface area contributed by atoms with Crippen LogP contribution in [0.4, 0.5) is 10.5 Å². The molecule has 0 unspecified atom stereocenters. The van der Waals surface area contributed by atoms with E-state index in [9.17, 15) is 4.79 Å². The molecule has 0 saturated carbocycles. The Hall–Kier alpha value is -1.88.